The number of phenolic OH excluding ortho intramolecular Hbond substituents is 1. The SMILES string of the molecule is Cc1c(Cl)cnn1CC(=O)Nc1cc(Cl)ccc1O. The van der Waals surface area contributed by atoms with E-state index >= 15 is 0 Å². The van der Waals surface area contributed by atoms with Crippen LogP contribution in [-0.4, -0.2) is 20.8 Å². The summed E-state index contributed by atoms with van der Waals surface area (Å²) >= 11 is 11.6. The highest BCUT2D eigenvalue weighted by Crippen LogP contribution is 2.26. The Bertz CT molecular complexity index is 625. The highest BCUT2D eigenvalue weighted by Gasteiger charge is 2.11. The standard InChI is InChI=1S/C12H11Cl2N3O2/c1-7-9(14)5-15-17(7)6-12(19)16-10-4-8(13)2-3-11(10)18/h2-5,18H,6H2,1H3,(H,16,19). The molecule has 1 heterocycles. The minimum absolute atomic E-state index is 0.00447. The Kier molecular flexibility index (Phi) is 3.97. The molecule has 0 aliphatic rings. The van der Waals surface area contributed by atoms with Crippen LogP contribution in [0.1, 0.15) is 5.69 Å². The summed E-state index contributed by atoms with van der Waals surface area (Å²) in [7, 11) is 0. The predicted molar refractivity (Wildman–Crippen MR) is 73.7 cm³/mol. The van der Waals surface area contributed by atoms with Crippen LogP contribution in [0.3, 0.4) is 0 Å². The largest absolute Gasteiger partial charge is 0.506 e. The van der Waals surface area contributed by atoms with Crippen LogP contribution in [0.25, 0.3) is 0 Å². The molecule has 1 aromatic heterocycles. The smallest absolute Gasteiger partial charge is 0.246 e. The van der Waals surface area contributed by atoms with Crippen molar-refractivity contribution in [3.05, 3.63) is 40.1 Å². The molecule has 7 heteroatoms. The van der Waals surface area contributed by atoms with Crippen LogP contribution < -0.4 is 5.32 Å². The number of aromatic hydroxyl groups is 1. The number of hydrogen-bond donors (Lipinski definition) is 2. The van der Waals surface area contributed by atoms with E-state index in [2.05, 4.69) is 10.4 Å². The van der Waals surface area contributed by atoms with Crippen LogP contribution in [0.4, 0.5) is 5.69 Å². The van der Waals surface area contributed by atoms with Crippen LogP contribution >= 0.6 is 23.2 Å². The zero-order valence-electron chi connectivity index (χ0n) is 10.0. The second-order valence-electron chi connectivity index (χ2n) is 3.95. The highest BCUT2D eigenvalue weighted by molar-refractivity contribution is 6.31. The van der Waals surface area contributed by atoms with Gasteiger partial charge in [-0.3, -0.25) is 9.48 Å². The number of halogens is 2. The molecular formula is C12H11Cl2N3O2. The summed E-state index contributed by atoms with van der Waals surface area (Å²) in [5.74, 6) is -0.381. The number of nitrogens with one attached hydrogen (secondary N) is 1. The van der Waals surface area contributed by atoms with Gasteiger partial charge in [-0.25, -0.2) is 0 Å². The lowest BCUT2D eigenvalue weighted by atomic mass is 10.3. The Morgan fingerprint density at radius 3 is 2.84 bits per heavy atom. The first-order valence-electron chi connectivity index (χ1n) is 5.43. The molecule has 2 rings (SSSR count). The zero-order valence-corrected chi connectivity index (χ0v) is 11.5. The minimum atomic E-state index is -0.333. The number of hydrogen-bond acceptors (Lipinski definition) is 3. The molecule has 0 radical (unpaired) electrons. The Morgan fingerprint density at radius 1 is 1.47 bits per heavy atom. The molecule has 0 bridgehead atoms. The second kappa shape index (κ2) is 5.50. The summed E-state index contributed by atoms with van der Waals surface area (Å²) < 4.78 is 1.47. The molecule has 100 valence electrons. The lowest BCUT2D eigenvalue weighted by Gasteiger charge is -2.08. The van der Waals surface area contributed by atoms with Crippen molar-refractivity contribution >= 4 is 34.8 Å². The van der Waals surface area contributed by atoms with Gasteiger partial charge in [0.2, 0.25) is 5.91 Å². The number of benzene rings is 1. The first kappa shape index (κ1) is 13.7. The normalized spacial score (nSPS) is 10.5. The van der Waals surface area contributed by atoms with Crippen LogP contribution in [0.15, 0.2) is 24.4 Å². The maximum Gasteiger partial charge on any atom is 0.246 e. The van der Waals surface area contributed by atoms with Gasteiger partial charge in [-0.05, 0) is 25.1 Å². The highest BCUT2D eigenvalue weighted by atomic mass is 35.5. The Labute approximate surface area is 119 Å². The van der Waals surface area contributed by atoms with Crippen molar-refractivity contribution < 1.29 is 9.90 Å². The summed E-state index contributed by atoms with van der Waals surface area (Å²) in [4.78, 5) is 11.8. The van der Waals surface area contributed by atoms with Crippen molar-refractivity contribution in [3.63, 3.8) is 0 Å². The predicted octanol–water partition coefficient (Wildman–Crippen LogP) is 2.84. The van der Waals surface area contributed by atoms with Crippen LogP contribution in [0, 0.1) is 6.92 Å². The molecule has 0 spiro atoms. The van der Waals surface area contributed by atoms with Crippen molar-refractivity contribution in [1.29, 1.82) is 0 Å². The molecule has 0 aliphatic heterocycles. The molecule has 19 heavy (non-hydrogen) atoms. The minimum Gasteiger partial charge on any atom is -0.506 e. The van der Waals surface area contributed by atoms with E-state index in [0.29, 0.717) is 15.7 Å². The van der Waals surface area contributed by atoms with E-state index in [1.165, 1.54) is 29.1 Å². The van der Waals surface area contributed by atoms with Gasteiger partial charge >= 0.3 is 0 Å². The van der Waals surface area contributed by atoms with Gasteiger partial charge in [-0.15, -0.1) is 0 Å². The molecule has 0 atom stereocenters. The third-order valence-electron chi connectivity index (χ3n) is 2.57. The molecule has 2 aromatic rings. The molecule has 0 fully saturated rings. The number of phenols is 1. The van der Waals surface area contributed by atoms with Gasteiger partial charge < -0.3 is 10.4 Å². The third-order valence-corrected chi connectivity index (χ3v) is 3.18. The van der Waals surface area contributed by atoms with Crippen molar-refractivity contribution in [2.24, 2.45) is 0 Å². The summed E-state index contributed by atoms with van der Waals surface area (Å²) in [5, 5.41) is 17.0. The van der Waals surface area contributed by atoms with Gasteiger partial charge in [0.15, 0.2) is 0 Å². The zero-order chi connectivity index (χ0) is 14.0. The number of rotatable bonds is 3. The molecule has 0 saturated carbocycles. The van der Waals surface area contributed by atoms with E-state index in [4.69, 9.17) is 23.2 Å². The number of nitrogens with zero attached hydrogens (tertiary/aromatic N) is 2. The molecule has 0 unspecified atom stereocenters. The monoisotopic (exact) mass is 299 g/mol. The fraction of sp³-hybridized carbons (Fsp3) is 0.167. The van der Waals surface area contributed by atoms with Crippen molar-refractivity contribution in [3.8, 4) is 5.75 Å². The van der Waals surface area contributed by atoms with Gasteiger partial charge in [0.25, 0.3) is 0 Å². The Morgan fingerprint density at radius 2 is 2.21 bits per heavy atom. The van der Waals surface area contributed by atoms with Gasteiger partial charge in [0.1, 0.15) is 12.3 Å². The summed E-state index contributed by atoms with van der Waals surface area (Å²) in [6.07, 6.45) is 1.47. The summed E-state index contributed by atoms with van der Waals surface area (Å²) in [6, 6.07) is 4.41. The van der Waals surface area contributed by atoms with E-state index in [9.17, 15) is 9.90 Å². The molecule has 0 saturated heterocycles. The first-order valence-corrected chi connectivity index (χ1v) is 6.19. The molecule has 5 nitrogen and oxygen atoms in total. The second-order valence-corrected chi connectivity index (χ2v) is 4.79. The number of amides is 1. The van der Waals surface area contributed by atoms with Gasteiger partial charge in [0, 0.05) is 5.02 Å². The fourth-order valence-electron chi connectivity index (χ4n) is 1.52. The van der Waals surface area contributed by atoms with E-state index in [0.717, 1.165) is 0 Å². The number of carbonyl (C=O) groups is 1. The summed E-state index contributed by atoms with van der Waals surface area (Å²) in [6.45, 7) is 1.77. The van der Waals surface area contributed by atoms with E-state index in [-0.39, 0.29) is 23.9 Å². The first-order chi connectivity index (χ1) is 8.97. The average molecular weight is 300 g/mol. The van der Waals surface area contributed by atoms with E-state index in [1.54, 1.807) is 6.92 Å². The number of carbonyl (C=O) groups excluding carboxylic acids is 1. The van der Waals surface area contributed by atoms with Gasteiger partial charge in [0.05, 0.1) is 22.6 Å². The Balaban J connectivity index is 2.09. The number of anilines is 1. The van der Waals surface area contributed by atoms with Crippen molar-refractivity contribution in [1.82, 2.24) is 9.78 Å². The van der Waals surface area contributed by atoms with E-state index < -0.39 is 0 Å². The average Bonchev–Trinajstić information content (AvgIpc) is 2.66. The molecule has 1 amide bonds. The van der Waals surface area contributed by atoms with Crippen LogP contribution in [0.2, 0.25) is 10.0 Å². The maximum absolute atomic E-state index is 11.8. The topological polar surface area (TPSA) is 67.2 Å². The van der Waals surface area contributed by atoms with E-state index in [1.807, 2.05) is 0 Å². The fourth-order valence-corrected chi connectivity index (χ4v) is 1.83. The van der Waals surface area contributed by atoms with Crippen LogP contribution in [-0.2, 0) is 11.3 Å². The quantitative estimate of drug-likeness (QED) is 0.857. The molecule has 1 aromatic carbocycles. The van der Waals surface area contributed by atoms with Crippen molar-refractivity contribution in [2.45, 2.75) is 13.5 Å². The lowest BCUT2D eigenvalue weighted by molar-refractivity contribution is -0.116. The molecule has 0 aliphatic carbocycles. The molecule has 2 N–H and O–H groups in total. The summed E-state index contributed by atoms with van der Waals surface area (Å²) in [5.41, 5.74) is 0.959. The van der Waals surface area contributed by atoms with Gasteiger partial charge in [-0.1, -0.05) is 23.2 Å². The molecular weight excluding hydrogens is 289 g/mol. The maximum atomic E-state index is 11.8. The van der Waals surface area contributed by atoms with Crippen molar-refractivity contribution in [2.75, 3.05) is 5.32 Å². The van der Waals surface area contributed by atoms with Crippen LogP contribution in [0.5, 0.6) is 5.75 Å². The number of aromatic nitrogens is 2. The lowest BCUT2D eigenvalue weighted by Crippen LogP contribution is -2.20. The third kappa shape index (κ3) is 3.19. The Hall–Kier alpha value is -1.72. The van der Waals surface area contributed by atoms with Gasteiger partial charge in [-0.2, -0.15) is 5.10 Å².